The Labute approximate surface area is 113 Å². The Hall–Kier alpha value is -1.86. The Kier molecular flexibility index (Phi) is 4.53. The maximum Gasteiger partial charge on any atom is 0.254 e. The van der Waals surface area contributed by atoms with Crippen LogP contribution in [0.2, 0.25) is 0 Å². The molecule has 1 aliphatic rings. The molecule has 1 amide bonds. The molecule has 1 fully saturated rings. The van der Waals surface area contributed by atoms with Crippen molar-refractivity contribution in [3.8, 4) is 6.07 Å². The van der Waals surface area contributed by atoms with Crippen molar-refractivity contribution in [1.29, 1.82) is 5.26 Å². The summed E-state index contributed by atoms with van der Waals surface area (Å²) in [6, 6.07) is 10.1. The van der Waals surface area contributed by atoms with Gasteiger partial charge in [-0.05, 0) is 37.4 Å². The third-order valence-corrected chi connectivity index (χ3v) is 3.37. The minimum Gasteiger partial charge on any atom is -0.335 e. The lowest BCUT2D eigenvalue weighted by atomic mass is 10.0. The third-order valence-electron chi connectivity index (χ3n) is 3.37. The highest BCUT2D eigenvalue weighted by molar-refractivity contribution is 5.96. The van der Waals surface area contributed by atoms with Crippen LogP contribution in [-0.4, -0.2) is 29.9 Å². The number of nitrogens with zero attached hydrogens (tertiary/aromatic N) is 2. The molecule has 4 nitrogen and oxygen atoms in total. The van der Waals surface area contributed by atoms with Crippen molar-refractivity contribution < 1.29 is 4.79 Å². The first-order chi connectivity index (χ1) is 9.27. The molecule has 0 radical (unpaired) electrons. The highest BCUT2D eigenvalue weighted by atomic mass is 16.2. The molecule has 19 heavy (non-hydrogen) atoms. The molecule has 4 heteroatoms. The topological polar surface area (TPSA) is 70.1 Å². The van der Waals surface area contributed by atoms with Gasteiger partial charge in [0, 0.05) is 18.2 Å². The van der Waals surface area contributed by atoms with Gasteiger partial charge in [-0.3, -0.25) is 4.79 Å². The Bertz CT molecular complexity index is 488. The smallest absolute Gasteiger partial charge is 0.254 e. The van der Waals surface area contributed by atoms with Gasteiger partial charge >= 0.3 is 0 Å². The molecule has 0 bridgehead atoms. The first-order valence-electron chi connectivity index (χ1n) is 6.73. The Balaban J connectivity index is 2.19. The second-order valence-electron chi connectivity index (χ2n) is 4.83. The molecule has 1 saturated carbocycles. The molecule has 0 heterocycles. The summed E-state index contributed by atoms with van der Waals surface area (Å²) in [7, 11) is 0. The molecule has 100 valence electrons. The molecule has 0 aromatic heterocycles. The Morgan fingerprint density at radius 1 is 1.42 bits per heavy atom. The predicted octanol–water partition coefficient (Wildman–Crippen LogP) is 1.71. The van der Waals surface area contributed by atoms with Gasteiger partial charge in [0.2, 0.25) is 0 Å². The van der Waals surface area contributed by atoms with Crippen molar-refractivity contribution in [3.05, 3.63) is 35.4 Å². The average Bonchev–Trinajstić information content (AvgIpc) is 3.24. The molecule has 0 aliphatic heterocycles. The quantitative estimate of drug-likeness (QED) is 0.843. The van der Waals surface area contributed by atoms with E-state index in [0.29, 0.717) is 32.0 Å². The van der Waals surface area contributed by atoms with Crippen LogP contribution in [-0.2, 0) is 6.42 Å². The number of carbonyl (C=O) groups is 1. The second kappa shape index (κ2) is 6.35. The van der Waals surface area contributed by atoms with Crippen LogP contribution in [0.3, 0.4) is 0 Å². The molecule has 2 rings (SSSR count). The fourth-order valence-corrected chi connectivity index (χ4v) is 2.26. The molecule has 0 unspecified atom stereocenters. The van der Waals surface area contributed by atoms with Crippen LogP contribution in [0, 0.1) is 11.3 Å². The molecule has 2 N–H and O–H groups in total. The van der Waals surface area contributed by atoms with Crippen LogP contribution < -0.4 is 5.73 Å². The number of rotatable bonds is 6. The number of hydrogen-bond acceptors (Lipinski definition) is 3. The van der Waals surface area contributed by atoms with Crippen molar-refractivity contribution in [2.75, 3.05) is 13.1 Å². The van der Waals surface area contributed by atoms with E-state index in [1.165, 1.54) is 0 Å². The number of benzene rings is 1. The largest absolute Gasteiger partial charge is 0.335 e. The van der Waals surface area contributed by atoms with Crippen molar-refractivity contribution in [1.82, 2.24) is 4.90 Å². The summed E-state index contributed by atoms with van der Waals surface area (Å²) < 4.78 is 0. The normalized spacial score (nSPS) is 13.9. The lowest BCUT2D eigenvalue weighted by molar-refractivity contribution is 0.0746. The van der Waals surface area contributed by atoms with Crippen molar-refractivity contribution in [2.45, 2.75) is 31.7 Å². The molecule has 0 saturated heterocycles. The zero-order chi connectivity index (χ0) is 13.7. The van der Waals surface area contributed by atoms with Gasteiger partial charge in [-0.15, -0.1) is 0 Å². The standard InChI is InChI=1S/C15H19N3O/c16-9-3-11-18(13-6-7-13)15(19)14-5-2-1-4-12(14)8-10-17/h1-2,4-5,13H,3,6-8,10-11,17H2. The van der Waals surface area contributed by atoms with Gasteiger partial charge in [-0.2, -0.15) is 5.26 Å². The maximum absolute atomic E-state index is 12.6. The summed E-state index contributed by atoms with van der Waals surface area (Å²) in [5, 5.41) is 8.70. The fourth-order valence-electron chi connectivity index (χ4n) is 2.26. The van der Waals surface area contributed by atoms with Crippen LogP contribution in [0.4, 0.5) is 0 Å². The monoisotopic (exact) mass is 257 g/mol. The van der Waals surface area contributed by atoms with Gasteiger partial charge in [0.1, 0.15) is 0 Å². The second-order valence-corrected chi connectivity index (χ2v) is 4.83. The zero-order valence-electron chi connectivity index (χ0n) is 11.0. The highest BCUT2D eigenvalue weighted by Crippen LogP contribution is 2.29. The number of nitrogens with two attached hydrogens (primary N) is 1. The number of nitriles is 1. The number of carbonyl (C=O) groups excluding carboxylic acids is 1. The van der Waals surface area contributed by atoms with E-state index < -0.39 is 0 Å². The number of hydrogen-bond donors (Lipinski definition) is 1. The first kappa shape index (κ1) is 13.6. The fraction of sp³-hybridized carbons (Fsp3) is 0.467. The summed E-state index contributed by atoms with van der Waals surface area (Å²) in [6.07, 6.45) is 3.20. The van der Waals surface area contributed by atoms with Crippen LogP contribution in [0.5, 0.6) is 0 Å². The van der Waals surface area contributed by atoms with Crippen LogP contribution in [0.25, 0.3) is 0 Å². The van der Waals surface area contributed by atoms with Crippen LogP contribution >= 0.6 is 0 Å². The molecular formula is C15H19N3O. The first-order valence-corrected chi connectivity index (χ1v) is 6.73. The summed E-state index contributed by atoms with van der Waals surface area (Å²) in [4.78, 5) is 14.4. The summed E-state index contributed by atoms with van der Waals surface area (Å²) >= 11 is 0. The SMILES string of the molecule is N#CCCN(C(=O)c1ccccc1CCN)C1CC1. The summed E-state index contributed by atoms with van der Waals surface area (Å²) in [6.45, 7) is 1.06. The lowest BCUT2D eigenvalue weighted by Crippen LogP contribution is -2.34. The van der Waals surface area contributed by atoms with E-state index in [2.05, 4.69) is 6.07 Å². The minimum absolute atomic E-state index is 0.0433. The highest BCUT2D eigenvalue weighted by Gasteiger charge is 2.33. The summed E-state index contributed by atoms with van der Waals surface area (Å²) in [5.74, 6) is 0.0433. The molecule has 0 atom stereocenters. The Morgan fingerprint density at radius 2 is 2.16 bits per heavy atom. The molecule has 1 aliphatic carbocycles. The van der Waals surface area contributed by atoms with E-state index in [-0.39, 0.29) is 5.91 Å². The maximum atomic E-state index is 12.6. The Morgan fingerprint density at radius 3 is 2.79 bits per heavy atom. The van der Waals surface area contributed by atoms with E-state index in [0.717, 1.165) is 24.0 Å². The third kappa shape index (κ3) is 3.33. The van der Waals surface area contributed by atoms with E-state index in [1.807, 2.05) is 29.2 Å². The van der Waals surface area contributed by atoms with Gasteiger partial charge < -0.3 is 10.6 Å². The van der Waals surface area contributed by atoms with E-state index in [4.69, 9.17) is 11.0 Å². The van der Waals surface area contributed by atoms with Gasteiger partial charge in [-0.1, -0.05) is 18.2 Å². The van der Waals surface area contributed by atoms with Crippen LogP contribution in [0.15, 0.2) is 24.3 Å². The van der Waals surface area contributed by atoms with E-state index in [1.54, 1.807) is 0 Å². The minimum atomic E-state index is 0.0433. The van der Waals surface area contributed by atoms with E-state index >= 15 is 0 Å². The molecule has 0 spiro atoms. The van der Waals surface area contributed by atoms with Crippen molar-refractivity contribution in [2.24, 2.45) is 5.73 Å². The van der Waals surface area contributed by atoms with Gasteiger partial charge in [-0.25, -0.2) is 0 Å². The number of amides is 1. The zero-order valence-corrected chi connectivity index (χ0v) is 11.0. The van der Waals surface area contributed by atoms with Gasteiger partial charge in [0.05, 0.1) is 12.5 Å². The molecule has 1 aromatic carbocycles. The van der Waals surface area contributed by atoms with Crippen molar-refractivity contribution in [3.63, 3.8) is 0 Å². The lowest BCUT2D eigenvalue weighted by Gasteiger charge is -2.22. The molecular weight excluding hydrogens is 238 g/mol. The summed E-state index contributed by atoms with van der Waals surface area (Å²) in [5.41, 5.74) is 7.32. The average molecular weight is 257 g/mol. The molecule has 1 aromatic rings. The van der Waals surface area contributed by atoms with Crippen LogP contribution in [0.1, 0.15) is 35.2 Å². The van der Waals surface area contributed by atoms with E-state index in [9.17, 15) is 4.79 Å². The van der Waals surface area contributed by atoms with Gasteiger partial charge in [0.15, 0.2) is 0 Å². The van der Waals surface area contributed by atoms with Crippen molar-refractivity contribution >= 4 is 5.91 Å². The predicted molar refractivity (Wildman–Crippen MR) is 73.5 cm³/mol. The van der Waals surface area contributed by atoms with Gasteiger partial charge in [0.25, 0.3) is 5.91 Å².